The summed E-state index contributed by atoms with van der Waals surface area (Å²) in [5.41, 5.74) is 10.9. The van der Waals surface area contributed by atoms with Crippen molar-refractivity contribution in [1.82, 2.24) is 0 Å². The van der Waals surface area contributed by atoms with E-state index in [1.165, 1.54) is 70.2 Å². The summed E-state index contributed by atoms with van der Waals surface area (Å²) in [6.45, 7) is 20.1. The van der Waals surface area contributed by atoms with E-state index >= 15 is 0 Å². The number of rotatable bonds is 19. The maximum Gasteiger partial charge on any atom is 0.132 e. The van der Waals surface area contributed by atoms with Crippen molar-refractivity contribution in [3.63, 3.8) is 0 Å². The summed E-state index contributed by atoms with van der Waals surface area (Å²) in [6.07, 6.45) is 9.11. The van der Waals surface area contributed by atoms with Gasteiger partial charge in [-0.15, -0.1) is 0 Å². The summed E-state index contributed by atoms with van der Waals surface area (Å²) in [5, 5.41) is 0. The smallest absolute Gasteiger partial charge is 0.132 e. The highest BCUT2D eigenvalue weighted by atomic mass is 16.6. The molecule has 6 rings (SSSR count). The van der Waals surface area contributed by atoms with Gasteiger partial charge in [0.2, 0.25) is 0 Å². The van der Waals surface area contributed by atoms with Gasteiger partial charge in [-0.25, -0.2) is 0 Å². The molecule has 0 atom stereocenters. The fraction of sp³-hybridized carbons (Fsp3) is 0.500. The lowest BCUT2D eigenvalue weighted by molar-refractivity contribution is 0.0272. The Labute approximate surface area is 324 Å². The molecule has 0 spiro atoms. The topological polar surface area (TPSA) is 55.4 Å². The molecular weight excluding hydrogens is 673 g/mol. The molecule has 290 valence electrons. The molecule has 0 radical (unpaired) electrons. The summed E-state index contributed by atoms with van der Waals surface area (Å²) >= 11 is 0. The average molecular weight is 735 g/mol. The van der Waals surface area contributed by atoms with E-state index in [9.17, 15) is 0 Å². The van der Waals surface area contributed by atoms with Gasteiger partial charge in [0.15, 0.2) is 0 Å². The summed E-state index contributed by atoms with van der Waals surface area (Å²) < 4.78 is 38.1. The highest BCUT2D eigenvalue weighted by Gasteiger charge is 2.36. The van der Waals surface area contributed by atoms with Crippen molar-refractivity contribution < 1.29 is 28.4 Å². The molecule has 2 heterocycles. The number of unbranched alkanes of at least 4 members (excludes halogenated alkanes) is 4. The normalized spacial score (nSPS) is 14.6. The molecule has 0 saturated carbocycles. The van der Waals surface area contributed by atoms with Crippen LogP contribution in [0.25, 0.3) is 22.3 Å². The highest BCUT2D eigenvalue weighted by molar-refractivity contribution is 5.84. The quantitative estimate of drug-likeness (QED) is 0.0894. The van der Waals surface area contributed by atoms with Crippen molar-refractivity contribution in [1.29, 1.82) is 0 Å². The molecule has 54 heavy (non-hydrogen) atoms. The van der Waals surface area contributed by atoms with Crippen molar-refractivity contribution in [3.8, 4) is 45.3 Å². The lowest BCUT2D eigenvalue weighted by Crippen LogP contribution is -2.29. The zero-order valence-corrected chi connectivity index (χ0v) is 34.1. The van der Waals surface area contributed by atoms with Gasteiger partial charge in [0.25, 0.3) is 0 Å². The second-order valence-electron chi connectivity index (χ2n) is 16.1. The largest absolute Gasteiger partial charge is 0.490 e. The Morgan fingerprint density at radius 3 is 1.31 bits per heavy atom. The summed E-state index contributed by atoms with van der Waals surface area (Å²) in [6, 6.07) is 22.1. The van der Waals surface area contributed by atoms with Gasteiger partial charge in [-0.3, -0.25) is 0 Å². The third-order valence-electron chi connectivity index (χ3n) is 10.6. The first-order valence-corrected chi connectivity index (χ1v) is 20.4. The molecule has 0 aromatic heterocycles. The Balaban J connectivity index is 1.03. The van der Waals surface area contributed by atoms with Crippen LogP contribution < -0.4 is 18.9 Å². The van der Waals surface area contributed by atoms with E-state index in [2.05, 4.69) is 116 Å². The van der Waals surface area contributed by atoms with E-state index in [0.29, 0.717) is 39.6 Å². The van der Waals surface area contributed by atoms with Gasteiger partial charge in [-0.05, 0) is 114 Å². The van der Waals surface area contributed by atoms with Gasteiger partial charge in [0.05, 0.1) is 37.6 Å². The second kappa shape index (κ2) is 17.6. The first kappa shape index (κ1) is 39.7. The van der Waals surface area contributed by atoms with Crippen molar-refractivity contribution in [2.75, 3.05) is 39.6 Å². The van der Waals surface area contributed by atoms with Crippen LogP contribution >= 0.6 is 0 Å². The zero-order valence-electron chi connectivity index (χ0n) is 34.1. The van der Waals surface area contributed by atoms with Gasteiger partial charge in [0.1, 0.15) is 47.4 Å². The molecule has 0 unspecified atom stereocenters. The molecule has 4 aromatic carbocycles. The Morgan fingerprint density at radius 2 is 0.907 bits per heavy atom. The third-order valence-corrected chi connectivity index (χ3v) is 10.6. The fourth-order valence-electron chi connectivity index (χ4n) is 7.84. The van der Waals surface area contributed by atoms with E-state index in [0.717, 1.165) is 59.8 Å². The molecule has 0 aliphatic carbocycles. The monoisotopic (exact) mass is 734 g/mol. The van der Waals surface area contributed by atoms with Gasteiger partial charge in [-0.1, -0.05) is 87.1 Å². The molecule has 2 aliphatic rings. The van der Waals surface area contributed by atoms with Gasteiger partial charge < -0.3 is 28.4 Å². The summed E-state index contributed by atoms with van der Waals surface area (Å²) in [7, 11) is 0. The summed E-state index contributed by atoms with van der Waals surface area (Å²) in [5.74, 6) is 3.53. The van der Waals surface area contributed by atoms with E-state index in [-0.39, 0.29) is 0 Å². The first-order valence-electron chi connectivity index (χ1n) is 20.4. The number of hydrogen-bond acceptors (Lipinski definition) is 6. The molecular formula is C48H62O6. The van der Waals surface area contributed by atoms with Crippen molar-refractivity contribution in [3.05, 3.63) is 94.0 Å². The molecule has 4 aromatic rings. The van der Waals surface area contributed by atoms with Crippen LogP contribution in [0.15, 0.2) is 60.7 Å². The van der Waals surface area contributed by atoms with Gasteiger partial charge in [-0.2, -0.15) is 0 Å². The molecule has 2 aliphatic heterocycles. The first-order chi connectivity index (χ1) is 26.0. The Hall–Kier alpha value is -4.00. The Morgan fingerprint density at radius 1 is 0.500 bits per heavy atom. The number of fused-ring (bicyclic) bond motifs is 6. The second-order valence-corrected chi connectivity index (χ2v) is 16.1. The molecule has 6 nitrogen and oxygen atoms in total. The molecule has 0 fully saturated rings. The van der Waals surface area contributed by atoms with Crippen molar-refractivity contribution in [2.45, 2.75) is 118 Å². The zero-order chi connectivity index (χ0) is 38.3. The van der Waals surface area contributed by atoms with Crippen LogP contribution in [0.5, 0.6) is 23.0 Å². The van der Waals surface area contributed by atoms with E-state index < -0.39 is 11.2 Å². The molecule has 6 heteroatoms. The highest BCUT2D eigenvalue weighted by Crippen LogP contribution is 2.51. The van der Waals surface area contributed by atoms with Crippen LogP contribution in [0, 0.1) is 13.8 Å². The van der Waals surface area contributed by atoms with Crippen LogP contribution in [-0.4, -0.2) is 39.6 Å². The van der Waals surface area contributed by atoms with E-state index in [4.69, 9.17) is 28.4 Å². The number of benzene rings is 4. The van der Waals surface area contributed by atoms with Gasteiger partial charge >= 0.3 is 0 Å². The van der Waals surface area contributed by atoms with Gasteiger partial charge in [0, 0.05) is 11.1 Å². The number of aryl methyl sites for hydroxylation is 4. The Kier molecular flexibility index (Phi) is 13.0. The average Bonchev–Trinajstić information content (AvgIpc) is 3.11. The van der Waals surface area contributed by atoms with Crippen LogP contribution in [0.3, 0.4) is 0 Å². The molecule has 0 N–H and O–H groups in total. The minimum atomic E-state index is -0.419. The van der Waals surface area contributed by atoms with Crippen LogP contribution in [0.4, 0.5) is 0 Å². The minimum Gasteiger partial charge on any atom is -0.490 e. The molecule has 0 saturated heterocycles. The minimum absolute atomic E-state index is 0.419. The maximum atomic E-state index is 6.63. The van der Waals surface area contributed by atoms with Crippen LogP contribution in [0.1, 0.15) is 113 Å². The van der Waals surface area contributed by atoms with Crippen LogP contribution in [-0.2, 0) is 33.5 Å². The Bertz CT molecular complexity index is 1750. The van der Waals surface area contributed by atoms with E-state index in [1.54, 1.807) is 0 Å². The molecule has 0 amide bonds. The third kappa shape index (κ3) is 9.26. The number of hydrogen-bond donors (Lipinski definition) is 0. The number of ether oxygens (including phenoxy) is 6. The maximum absolute atomic E-state index is 6.63. The predicted octanol–water partition coefficient (Wildman–Crippen LogP) is 11.8. The molecule has 0 bridgehead atoms. The van der Waals surface area contributed by atoms with Crippen LogP contribution in [0.2, 0.25) is 0 Å². The summed E-state index contributed by atoms with van der Waals surface area (Å²) in [4.78, 5) is 0. The fourth-order valence-corrected chi connectivity index (χ4v) is 7.84. The SMILES string of the molecule is CCCCCc1cc(OCCOCCOCCOc2cc(CCCCC)cc3c2-c2cc(C)ccc2C(C)(C)O3)c2c(c1)OC(C)(C)c1ccc(C)cc1-2. The lowest BCUT2D eigenvalue weighted by Gasteiger charge is -2.36. The van der Waals surface area contributed by atoms with Crippen molar-refractivity contribution >= 4 is 0 Å². The predicted molar refractivity (Wildman–Crippen MR) is 220 cm³/mol. The standard InChI is InChI=1S/C48H62O6/c1-9-11-13-15-35-29-41(45-37-27-33(3)17-19-39(37)47(5,6)53-43(45)31-35)51-25-23-49-21-22-50-24-26-52-42-30-36(16-14-12-10-2)32-44-46(42)38-28-34(4)18-20-40(38)48(7,8)54-44/h17-20,27-32H,9-16,21-26H2,1-8H3. The van der Waals surface area contributed by atoms with Crippen molar-refractivity contribution in [2.24, 2.45) is 0 Å². The van der Waals surface area contributed by atoms with E-state index in [1.807, 2.05) is 0 Å². The lowest BCUT2D eigenvalue weighted by atomic mass is 9.84.